The summed E-state index contributed by atoms with van der Waals surface area (Å²) in [5.74, 6) is 0. The first-order chi connectivity index (χ1) is 14.1. The van der Waals surface area contributed by atoms with Crippen LogP contribution < -0.4 is 35.9 Å². The molecule has 0 amide bonds. The van der Waals surface area contributed by atoms with E-state index >= 15 is 0 Å². The van der Waals surface area contributed by atoms with E-state index < -0.39 is 59.8 Å². The van der Waals surface area contributed by atoms with Gasteiger partial charge in [-0.25, -0.2) is 18.5 Å². The van der Waals surface area contributed by atoms with Gasteiger partial charge >= 0.3 is 29.2 Å². The van der Waals surface area contributed by atoms with Gasteiger partial charge in [0.15, 0.2) is 0 Å². The first-order valence-electron chi connectivity index (χ1n) is 7.86. The molecule has 1 aromatic heterocycles. The minimum absolute atomic E-state index is 0. The minimum atomic E-state index is -5.69. The second-order valence-corrected chi connectivity index (χ2v) is 10.8. The number of aliphatic hydroxyl groups is 1. The van der Waals surface area contributed by atoms with Gasteiger partial charge in [0.1, 0.15) is 12.3 Å². The number of aromatic nitrogens is 2. The molecule has 208 valence electrons. The van der Waals surface area contributed by atoms with E-state index in [1.807, 2.05) is 4.98 Å². The van der Waals surface area contributed by atoms with Gasteiger partial charge in [0.25, 0.3) is 5.56 Å². The van der Waals surface area contributed by atoms with Crippen molar-refractivity contribution in [3.05, 3.63) is 37.6 Å². The second-order valence-electron chi connectivity index (χ2n) is 5.86. The van der Waals surface area contributed by atoms with E-state index in [0.717, 1.165) is 10.8 Å². The van der Waals surface area contributed by atoms with Crippen LogP contribution in [0.5, 0.6) is 0 Å². The largest absolute Gasteiger partial charge is 0.490 e. The number of hydrogen-bond acceptors (Lipinski definition) is 14. The van der Waals surface area contributed by atoms with E-state index in [9.17, 15) is 33.3 Å². The highest BCUT2D eigenvalue weighted by Gasteiger charge is 2.42. The Morgan fingerprint density at radius 2 is 1.66 bits per heavy atom. The lowest BCUT2D eigenvalue weighted by Gasteiger charge is -2.19. The SMILES string of the molecule is N.N.N.N.O=c1[nH]c(=O)n([C@H]2C[C@H](O)[C@@H](COP(=O)(O)OP(=O)(O)OP(=O)(O)O)O2)cc1/C=C/Br. The number of nitrogens with zero attached hydrogens (tertiary/aromatic N) is 1. The summed E-state index contributed by atoms with van der Waals surface area (Å²) in [5.41, 5.74) is -1.46. The molecule has 2 heterocycles. The summed E-state index contributed by atoms with van der Waals surface area (Å²) in [5, 5.41) is 10.1. The zero-order valence-electron chi connectivity index (χ0n) is 17.8. The molecule has 1 fully saturated rings. The van der Waals surface area contributed by atoms with Crippen LogP contribution in [0.4, 0.5) is 0 Å². The van der Waals surface area contributed by atoms with Gasteiger partial charge in [-0.3, -0.25) is 18.9 Å². The fourth-order valence-corrected chi connectivity index (χ4v) is 5.72. The van der Waals surface area contributed by atoms with Crippen molar-refractivity contribution >= 4 is 45.5 Å². The van der Waals surface area contributed by atoms with Gasteiger partial charge < -0.3 is 54.0 Å². The van der Waals surface area contributed by atoms with Gasteiger partial charge in [0.2, 0.25) is 0 Å². The standard InChI is InChI=1S/C11H16BrN2O14P3.4H3N/c12-2-1-6-4-14(11(17)13-10(6)16)9-3-7(15)8(26-9)5-25-30(21,22)28-31(23,24)27-29(18,19)20;;;;/h1-2,4,7-9,15H,3,5H2,(H,21,22)(H,23,24)(H,13,16,17)(H2,18,19,20);4*1H3/b2-1+;;;;/t7-,8+,9+;;;;/m0..../s1. The van der Waals surface area contributed by atoms with Crippen LogP contribution in [-0.2, 0) is 31.6 Å². The Kier molecular flexibility index (Phi) is 16.2. The Balaban J connectivity index is -0.00000256. The molecular formula is C11H28BrN6O14P3. The van der Waals surface area contributed by atoms with Crippen molar-refractivity contribution in [1.29, 1.82) is 0 Å². The van der Waals surface area contributed by atoms with Gasteiger partial charge in [-0.2, -0.15) is 8.62 Å². The van der Waals surface area contributed by atoms with Crippen molar-refractivity contribution in [2.24, 2.45) is 0 Å². The van der Waals surface area contributed by atoms with Gasteiger partial charge in [-0.1, -0.05) is 15.9 Å². The van der Waals surface area contributed by atoms with Crippen molar-refractivity contribution in [3.8, 4) is 0 Å². The summed E-state index contributed by atoms with van der Waals surface area (Å²) < 4.78 is 51.5. The monoisotopic (exact) mass is 640 g/mol. The van der Waals surface area contributed by atoms with Crippen LogP contribution >= 0.6 is 39.4 Å². The molecule has 0 radical (unpaired) electrons. The first kappa shape index (κ1) is 38.6. The lowest BCUT2D eigenvalue weighted by atomic mass is 10.2. The van der Waals surface area contributed by atoms with Gasteiger partial charge in [-0.05, 0) is 11.1 Å². The number of H-pyrrole nitrogens is 1. The molecule has 0 bridgehead atoms. The van der Waals surface area contributed by atoms with E-state index in [-0.39, 0.29) is 36.6 Å². The van der Waals surface area contributed by atoms with Gasteiger partial charge in [-0.15, -0.1) is 0 Å². The van der Waals surface area contributed by atoms with Gasteiger partial charge in [0.05, 0.1) is 18.3 Å². The molecule has 0 spiro atoms. The Hall–Kier alpha value is -0.930. The van der Waals surface area contributed by atoms with Crippen LogP contribution in [0.25, 0.3) is 6.08 Å². The van der Waals surface area contributed by atoms with Crippen molar-refractivity contribution in [3.63, 3.8) is 0 Å². The average molecular weight is 641 g/mol. The Morgan fingerprint density at radius 1 is 1.09 bits per heavy atom. The predicted octanol–water partition coefficient (Wildman–Crippen LogP) is 0.542. The van der Waals surface area contributed by atoms with E-state index in [0.29, 0.717) is 0 Å². The number of hydrogen-bond donors (Lipinski definition) is 10. The Bertz CT molecular complexity index is 1110. The van der Waals surface area contributed by atoms with Crippen molar-refractivity contribution in [2.75, 3.05) is 6.61 Å². The lowest BCUT2D eigenvalue weighted by molar-refractivity contribution is -0.0450. The third-order valence-corrected chi connectivity index (χ3v) is 7.64. The predicted molar refractivity (Wildman–Crippen MR) is 124 cm³/mol. The van der Waals surface area contributed by atoms with Crippen LogP contribution in [0.1, 0.15) is 18.2 Å². The molecule has 2 unspecified atom stereocenters. The van der Waals surface area contributed by atoms with E-state index in [1.54, 1.807) is 0 Å². The number of aromatic amines is 1. The molecule has 1 aromatic rings. The van der Waals surface area contributed by atoms with E-state index in [1.165, 1.54) is 11.1 Å². The number of ether oxygens (including phenoxy) is 1. The molecule has 24 heteroatoms. The topological polar surface area (TPSA) is 384 Å². The highest BCUT2D eigenvalue weighted by Crippen LogP contribution is 2.66. The van der Waals surface area contributed by atoms with Crippen LogP contribution in [0.2, 0.25) is 0 Å². The van der Waals surface area contributed by atoms with Crippen molar-refractivity contribution in [1.82, 2.24) is 34.2 Å². The highest BCUT2D eigenvalue weighted by molar-refractivity contribution is 9.11. The maximum Gasteiger partial charge on any atom is 0.490 e. The molecule has 20 nitrogen and oxygen atoms in total. The number of phosphoric ester groups is 1. The van der Waals surface area contributed by atoms with E-state index in [4.69, 9.17) is 19.4 Å². The molecule has 5 atom stereocenters. The number of aliphatic hydroxyl groups excluding tert-OH is 1. The molecule has 35 heavy (non-hydrogen) atoms. The zero-order chi connectivity index (χ0) is 23.6. The molecule has 0 aromatic carbocycles. The fraction of sp³-hybridized carbons (Fsp3) is 0.455. The maximum absolute atomic E-state index is 12.0. The van der Waals surface area contributed by atoms with Crippen LogP contribution in [-0.4, -0.2) is 53.0 Å². The van der Waals surface area contributed by atoms with Crippen LogP contribution in [0, 0.1) is 0 Å². The van der Waals surface area contributed by atoms with E-state index in [2.05, 4.69) is 29.1 Å². The van der Waals surface area contributed by atoms with Gasteiger partial charge in [0, 0.05) is 12.6 Å². The average Bonchev–Trinajstić information content (AvgIpc) is 2.93. The van der Waals surface area contributed by atoms with Crippen LogP contribution in [0.15, 0.2) is 20.8 Å². The number of rotatable bonds is 9. The third-order valence-electron chi connectivity index (χ3n) is 3.57. The lowest BCUT2D eigenvalue weighted by Crippen LogP contribution is -2.33. The van der Waals surface area contributed by atoms with Crippen molar-refractivity contribution < 1.29 is 56.3 Å². The summed E-state index contributed by atoms with van der Waals surface area (Å²) in [6.07, 6.45) is -1.49. The molecule has 1 saturated heterocycles. The summed E-state index contributed by atoms with van der Waals surface area (Å²) in [4.78, 5) is 62.6. The molecule has 0 aliphatic carbocycles. The Labute approximate surface area is 205 Å². The fourth-order valence-electron chi connectivity index (χ4n) is 2.41. The molecule has 18 N–H and O–H groups in total. The summed E-state index contributed by atoms with van der Waals surface area (Å²) in [6.45, 7) is -0.895. The normalized spacial score (nSPS) is 23.1. The summed E-state index contributed by atoms with van der Waals surface area (Å²) in [7, 11) is -16.6. The minimum Gasteiger partial charge on any atom is -0.390 e. The second kappa shape index (κ2) is 14.7. The third kappa shape index (κ3) is 11.8. The molecule has 1 aliphatic heterocycles. The zero-order valence-corrected chi connectivity index (χ0v) is 22.1. The molecular weight excluding hydrogens is 613 g/mol. The molecule has 2 rings (SSSR count). The first-order valence-corrected chi connectivity index (χ1v) is 13.3. The summed E-state index contributed by atoms with van der Waals surface area (Å²) in [6, 6.07) is 0. The smallest absolute Gasteiger partial charge is 0.390 e. The number of nitrogens with one attached hydrogen (secondary N) is 1. The highest BCUT2D eigenvalue weighted by atomic mass is 79.9. The number of phosphoric acid groups is 3. The molecule has 0 saturated carbocycles. The quantitative estimate of drug-likeness (QED) is 0.164. The van der Waals surface area contributed by atoms with Crippen LogP contribution in [0.3, 0.4) is 0 Å². The maximum atomic E-state index is 12.0. The molecule has 1 aliphatic rings. The number of halogens is 1. The van der Waals surface area contributed by atoms with Crippen molar-refractivity contribution in [2.45, 2.75) is 24.9 Å². The summed E-state index contributed by atoms with van der Waals surface area (Å²) >= 11 is 2.98. The Morgan fingerprint density at radius 3 is 2.17 bits per heavy atom.